The first kappa shape index (κ1) is 16.5. The van der Waals surface area contributed by atoms with E-state index in [4.69, 9.17) is 9.47 Å². The van der Waals surface area contributed by atoms with Crippen LogP contribution in [0.4, 0.5) is 4.79 Å². The van der Waals surface area contributed by atoms with Gasteiger partial charge in [0.2, 0.25) is 0 Å². The number of nitrogens with zero attached hydrogens (tertiary/aromatic N) is 1. The average Bonchev–Trinajstić information content (AvgIpc) is 2.34. The summed E-state index contributed by atoms with van der Waals surface area (Å²) in [5.74, 6) is 0. The number of amides is 1. The third kappa shape index (κ3) is 6.20. The predicted octanol–water partition coefficient (Wildman–Crippen LogP) is 0.964. The third-order valence-corrected chi connectivity index (χ3v) is 3.79. The molecule has 1 saturated carbocycles. The van der Waals surface area contributed by atoms with Gasteiger partial charge in [-0.15, -0.1) is 0 Å². The molecule has 0 unspecified atom stereocenters. The first-order valence-electron chi connectivity index (χ1n) is 7.96. The fourth-order valence-corrected chi connectivity index (χ4v) is 2.58. The highest BCUT2D eigenvalue weighted by Crippen LogP contribution is 2.23. The maximum atomic E-state index is 11.6. The van der Waals surface area contributed by atoms with E-state index >= 15 is 0 Å². The molecule has 1 aliphatic carbocycles. The van der Waals surface area contributed by atoms with Gasteiger partial charge in [0.1, 0.15) is 5.60 Å². The summed E-state index contributed by atoms with van der Waals surface area (Å²) in [5.41, 5.74) is -0.437. The molecular weight excluding hydrogens is 270 g/mol. The molecule has 0 spiro atoms. The van der Waals surface area contributed by atoms with Crippen molar-refractivity contribution in [2.24, 2.45) is 0 Å². The standard InChI is InChI=1S/C15H29N3O3/c1-15(2,3)21-14(19)17-12-10-13(11-12)20-9-8-18-6-4-16-5-7-18/h12-13,16H,4-11H2,1-3H3,(H,17,19)/t12-,13-. The molecule has 2 aliphatic rings. The second-order valence-electron chi connectivity index (χ2n) is 6.90. The van der Waals surface area contributed by atoms with Crippen LogP contribution < -0.4 is 10.6 Å². The predicted molar refractivity (Wildman–Crippen MR) is 81.4 cm³/mol. The van der Waals surface area contributed by atoms with Crippen LogP contribution in [-0.4, -0.2) is 68.1 Å². The molecule has 6 nitrogen and oxygen atoms in total. The van der Waals surface area contributed by atoms with E-state index in [9.17, 15) is 4.79 Å². The minimum atomic E-state index is -0.437. The molecule has 6 heteroatoms. The van der Waals surface area contributed by atoms with Crippen molar-refractivity contribution in [3.8, 4) is 0 Å². The van der Waals surface area contributed by atoms with Gasteiger partial charge in [-0.1, -0.05) is 0 Å². The molecule has 1 amide bonds. The van der Waals surface area contributed by atoms with Crippen LogP contribution in [-0.2, 0) is 9.47 Å². The van der Waals surface area contributed by atoms with Crippen molar-refractivity contribution in [2.45, 2.75) is 51.4 Å². The molecule has 0 bridgehead atoms. The molecule has 0 aromatic heterocycles. The Morgan fingerprint density at radius 3 is 2.57 bits per heavy atom. The lowest BCUT2D eigenvalue weighted by Gasteiger charge is -2.36. The van der Waals surface area contributed by atoms with Crippen LogP contribution in [0.1, 0.15) is 33.6 Å². The van der Waals surface area contributed by atoms with Gasteiger partial charge >= 0.3 is 6.09 Å². The number of ether oxygens (including phenoxy) is 2. The van der Waals surface area contributed by atoms with Crippen LogP contribution >= 0.6 is 0 Å². The van der Waals surface area contributed by atoms with Gasteiger partial charge < -0.3 is 20.1 Å². The first-order chi connectivity index (χ1) is 9.92. The summed E-state index contributed by atoms with van der Waals surface area (Å²) in [4.78, 5) is 14.0. The number of alkyl carbamates (subject to hydrolysis) is 1. The molecule has 2 fully saturated rings. The zero-order valence-corrected chi connectivity index (χ0v) is 13.5. The minimum Gasteiger partial charge on any atom is -0.444 e. The van der Waals surface area contributed by atoms with Gasteiger partial charge in [0.05, 0.1) is 12.7 Å². The monoisotopic (exact) mass is 299 g/mol. The van der Waals surface area contributed by atoms with Crippen LogP contribution in [0.2, 0.25) is 0 Å². The Bertz CT molecular complexity index is 332. The zero-order chi connectivity index (χ0) is 15.3. The van der Waals surface area contributed by atoms with Crippen LogP contribution in [0.15, 0.2) is 0 Å². The maximum Gasteiger partial charge on any atom is 0.407 e. The molecule has 0 radical (unpaired) electrons. The van der Waals surface area contributed by atoms with Crippen molar-refractivity contribution in [1.29, 1.82) is 0 Å². The largest absolute Gasteiger partial charge is 0.444 e. The molecule has 1 saturated heterocycles. The van der Waals surface area contributed by atoms with Gasteiger partial charge in [0, 0.05) is 38.8 Å². The Balaban J connectivity index is 1.50. The zero-order valence-electron chi connectivity index (χ0n) is 13.5. The topological polar surface area (TPSA) is 62.8 Å². The normalized spacial score (nSPS) is 27.0. The van der Waals surface area contributed by atoms with E-state index in [1.54, 1.807) is 0 Å². The molecule has 1 aliphatic heterocycles. The number of hydrogen-bond acceptors (Lipinski definition) is 5. The van der Waals surface area contributed by atoms with Crippen molar-refractivity contribution < 1.29 is 14.3 Å². The van der Waals surface area contributed by atoms with E-state index in [1.807, 2.05) is 20.8 Å². The molecule has 0 aromatic carbocycles. The molecule has 122 valence electrons. The summed E-state index contributed by atoms with van der Waals surface area (Å²) in [5, 5.41) is 6.22. The number of nitrogens with one attached hydrogen (secondary N) is 2. The van der Waals surface area contributed by atoms with Gasteiger partial charge in [-0.2, -0.15) is 0 Å². The summed E-state index contributed by atoms with van der Waals surface area (Å²) in [7, 11) is 0. The lowest BCUT2D eigenvalue weighted by atomic mass is 9.89. The van der Waals surface area contributed by atoms with Gasteiger partial charge in [0.15, 0.2) is 0 Å². The lowest BCUT2D eigenvalue weighted by molar-refractivity contribution is -0.0274. The minimum absolute atomic E-state index is 0.198. The third-order valence-electron chi connectivity index (χ3n) is 3.79. The van der Waals surface area contributed by atoms with Crippen LogP contribution in [0.25, 0.3) is 0 Å². The lowest BCUT2D eigenvalue weighted by Crippen LogP contribution is -2.50. The van der Waals surface area contributed by atoms with Crippen molar-refractivity contribution in [3.63, 3.8) is 0 Å². The molecular formula is C15H29N3O3. The van der Waals surface area contributed by atoms with E-state index < -0.39 is 5.60 Å². The smallest absolute Gasteiger partial charge is 0.407 e. The summed E-state index contributed by atoms with van der Waals surface area (Å²) in [6.45, 7) is 11.8. The van der Waals surface area contributed by atoms with Crippen molar-refractivity contribution >= 4 is 6.09 Å². The Hall–Kier alpha value is -0.850. The van der Waals surface area contributed by atoms with Gasteiger partial charge in [-0.05, 0) is 33.6 Å². The molecule has 2 N–H and O–H groups in total. The number of piperazine rings is 1. The Morgan fingerprint density at radius 1 is 1.29 bits per heavy atom. The highest BCUT2D eigenvalue weighted by Gasteiger charge is 2.32. The van der Waals surface area contributed by atoms with Crippen LogP contribution in [0.3, 0.4) is 0 Å². The highest BCUT2D eigenvalue weighted by molar-refractivity contribution is 5.68. The van der Waals surface area contributed by atoms with E-state index in [-0.39, 0.29) is 18.2 Å². The Kier molecular flexibility index (Phi) is 5.84. The Morgan fingerprint density at radius 2 is 1.95 bits per heavy atom. The maximum absolute atomic E-state index is 11.6. The van der Waals surface area contributed by atoms with E-state index in [2.05, 4.69) is 15.5 Å². The fraction of sp³-hybridized carbons (Fsp3) is 0.933. The Labute approximate surface area is 127 Å². The van der Waals surface area contributed by atoms with Crippen molar-refractivity contribution in [1.82, 2.24) is 15.5 Å². The SMILES string of the molecule is CC(C)(C)OC(=O)N[C@H]1C[C@H](OCCN2CCNCC2)C1. The number of hydrogen-bond donors (Lipinski definition) is 2. The second-order valence-corrected chi connectivity index (χ2v) is 6.90. The van der Waals surface area contributed by atoms with Crippen molar-refractivity contribution in [3.05, 3.63) is 0 Å². The summed E-state index contributed by atoms with van der Waals surface area (Å²) >= 11 is 0. The molecule has 2 rings (SSSR count). The summed E-state index contributed by atoms with van der Waals surface area (Å²) in [6, 6.07) is 0.198. The first-order valence-corrected chi connectivity index (χ1v) is 7.96. The number of carbonyl (C=O) groups is 1. The summed E-state index contributed by atoms with van der Waals surface area (Å²) in [6.07, 6.45) is 1.74. The number of rotatable bonds is 5. The molecule has 1 heterocycles. The fourth-order valence-electron chi connectivity index (χ4n) is 2.58. The van der Waals surface area contributed by atoms with Gasteiger partial charge in [0.25, 0.3) is 0 Å². The highest BCUT2D eigenvalue weighted by atomic mass is 16.6. The molecule has 21 heavy (non-hydrogen) atoms. The van der Waals surface area contributed by atoms with Gasteiger partial charge in [-0.3, -0.25) is 4.90 Å². The van der Waals surface area contributed by atoms with Crippen molar-refractivity contribution in [2.75, 3.05) is 39.3 Å². The molecule has 0 atom stereocenters. The molecule has 0 aromatic rings. The average molecular weight is 299 g/mol. The van der Waals surface area contributed by atoms with Gasteiger partial charge in [-0.25, -0.2) is 4.79 Å². The van der Waals surface area contributed by atoms with E-state index in [1.165, 1.54) is 0 Å². The number of carbonyl (C=O) groups excluding carboxylic acids is 1. The van der Waals surface area contributed by atoms with Crippen LogP contribution in [0.5, 0.6) is 0 Å². The second kappa shape index (κ2) is 7.42. The van der Waals surface area contributed by atoms with Crippen LogP contribution in [0, 0.1) is 0 Å². The van der Waals surface area contributed by atoms with E-state index in [0.29, 0.717) is 0 Å². The quantitative estimate of drug-likeness (QED) is 0.792. The van der Waals surface area contributed by atoms with E-state index in [0.717, 1.165) is 52.2 Å². The summed E-state index contributed by atoms with van der Waals surface area (Å²) < 4.78 is 11.1.